The molecule has 4 heteroatoms. The van der Waals surface area contributed by atoms with Crippen LogP contribution >= 0.6 is 0 Å². The van der Waals surface area contributed by atoms with Crippen LogP contribution in [0.2, 0.25) is 0 Å². The molecular weight excluding hydrogens is 216 g/mol. The number of carbonyl (C=O) groups is 1. The van der Waals surface area contributed by atoms with Gasteiger partial charge in [-0.1, -0.05) is 20.8 Å². The smallest absolute Gasteiger partial charge is 0.335 e. The minimum absolute atomic E-state index is 0.242. The molecule has 0 spiro atoms. The standard InChI is InChI=1S/C13H20N2O2/c1-13(2,3)6-7-15-11-8-9(12(16)17)4-5-10(11)14/h4-5,8,15H,6-7,14H2,1-3H3,(H,16,17). The molecule has 17 heavy (non-hydrogen) atoms. The number of carboxylic acids is 1. The SMILES string of the molecule is CC(C)(C)CCNc1cc(C(=O)O)ccc1N. The van der Waals surface area contributed by atoms with E-state index < -0.39 is 5.97 Å². The van der Waals surface area contributed by atoms with Gasteiger partial charge in [-0.3, -0.25) is 0 Å². The van der Waals surface area contributed by atoms with Crippen LogP contribution in [0.15, 0.2) is 18.2 Å². The number of aromatic carboxylic acids is 1. The van der Waals surface area contributed by atoms with Crippen molar-refractivity contribution >= 4 is 17.3 Å². The first-order chi connectivity index (χ1) is 7.79. The van der Waals surface area contributed by atoms with E-state index in [1.165, 1.54) is 6.07 Å². The van der Waals surface area contributed by atoms with Crippen molar-refractivity contribution in [2.24, 2.45) is 5.41 Å². The number of hydrogen-bond donors (Lipinski definition) is 3. The molecule has 0 amide bonds. The molecule has 1 rings (SSSR count). The first kappa shape index (κ1) is 13.4. The summed E-state index contributed by atoms with van der Waals surface area (Å²) >= 11 is 0. The van der Waals surface area contributed by atoms with Crippen LogP contribution in [0.4, 0.5) is 11.4 Å². The summed E-state index contributed by atoms with van der Waals surface area (Å²) < 4.78 is 0. The number of rotatable bonds is 4. The van der Waals surface area contributed by atoms with Gasteiger partial charge in [0.05, 0.1) is 16.9 Å². The van der Waals surface area contributed by atoms with Gasteiger partial charge in [-0.15, -0.1) is 0 Å². The number of benzene rings is 1. The predicted octanol–water partition coefficient (Wildman–Crippen LogP) is 2.82. The quantitative estimate of drug-likeness (QED) is 0.703. The van der Waals surface area contributed by atoms with Gasteiger partial charge in [-0.25, -0.2) is 4.79 Å². The lowest BCUT2D eigenvalue weighted by Crippen LogP contribution is -2.14. The van der Waals surface area contributed by atoms with Gasteiger partial charge >= 0.3 is 5.97 Å². The van der Waals surface area contributed by atoms with Crippen molar-refractivity contribution < 1.29 is 9.90 Å². The lowest BCUT2D eigenvalue weighted by molar-refractivity contribution is 0.0697. The maximum atomic E-state index is 10.8. The lowest BCUT2D eigenvalue weighted by atomic mass is 9.92. The number of nitrogens with one attached hydrogen (secondary N) is 1. The Kier molecular flexibility index (Phi) is 3.99. The fourth-order valence-corrected chi connectivity index (χ4v) is 1.41. The Balaban J connectivity index is 2.70. The van der Waals surface area contributed by atoms with Gasteiger partial charge in [-0.05, 0) is 30.0 Å². The Labute approximate surface area is 102 Å². The second-order valence-corrected chi connectivity index (χ2v) is 5.34. The number of anilines is 2. The van der Waals surface area contributed by atoms with Crippen molar-refractivity contribution in [2.45, 2.75) is 27.2 Å². The molecule has 0 saturated heterocycles. The van der Waals surface area contributed by atoms with E-state index >= 15 is 0 Å². The van der Waals surface area contributed by atoms with Crippen molar-refractivity contribution in [2.75, 3.05) is 17.6 Å². The first-order valence-electron chi connectivity index (χ1n) is 5.66. The molecule has 0 saturated carbocycles. The summed E-state index contributed by atoms with van der Waals surface area (Å²) in [6, 6.07) is 4.69. The van der Waals surface area contributed by atoms with E-state index in [0.717, 1.165) is 13.0 Å². The van der Waals surface area contributed by atoms with Gasteiger partial charge in [0.25, 0.3) is 0 Å². The van der Waals surface area contributed by atoms with Crippen molar-refractivity contribution in [3.8, 4) is 0 Å². The molecule has 0 heterocycles. The fraction of sp³-hybridized carbons (Fsp3) is 0.462. The minimum atomic E-state index is -0.941. The molecule has 0 bridgehead atoms. The third kappa shape index (κ3) is 4.34. The van der Waals surface area contributed by atoms with Crippen molar-refractivity contribution in [1.82, 2.24) is 0 Å². The van der Waals surface area contributed by atoms with E-state index in [-0.39, 0.29) is 11.0 Å². The van der Waals surface area contributed by atoms with Crippen molar-refractivity contribution in [1.29, 1.82) is 0 Å². The summed E-state index contributed by atoms with van der Waals surface area (Å²) in [6.45, 7) is 7.25. The largest absolute Gasteiger partial charge is 0.478 e. The summed E-state index contributed by atoms with van der Waals surface area (Å²) in [5.41, 5.74) is 7.54. The highest BCUT2D eigenvalue weighted by molar-refractivity contribution is 5.90. The zero-order valence-corrected chi connectivity index (χ0v) is 10.6. The third-order valence-electron chi connectivity index (χ3n) is 2.49. The highest BCUT2D eigenvalue weighted by Crippen LogP contribution is 2.22. The normalized spacial score (nSPS) is 11.2. The molecule has 1 aromatic carbocycles. The molecule has 0 radical (unpaired) electrons. The Morgan fingerprint density at radius 2 is 2.06 bits per heavy atom. The number of nitrogen functional groups attached to an aromatic ring is 1. The minimum Gasteiger partial charge on any atom is -0.478 e. The predicted molar refractivity (Wildman–Crippen MR) is 70.4 cm³/mol. The van der Waals surface area contributed by atoms with E-state index in [0.29, 0.717) is 11.4 Å². The molecule has 0 fully saturated rings. The van der Waals surface area contributed by atoms with Crippen LogP contribution in [0.25, 0.3) is 0 Å². The molecule has 0 aromatic heterocycles. The highest BCUT2D eigenvalue weighted by atomic mass is 16.4. The topological polar surface area (TPSA) is 75.3 Å². The van der Waals surface area contributed by atoms with E-state index in [1.54, 1.807) is 12.1 Å². The van der Waals surface area contributed by atoms with Crippen LogP contribution in [-0.2, 0) is 0 Å². The number of carboxylic acid groups (broad SMARTS) is 1. The van der Waals surface area contributed by atoms with E-state index in [1.807, 2.05) is 0 Å². The second kappa shape index (κ2) is 5.08. The van der Waals surface area contributed by atoms with Crippen LogP contribution in [0.3, 0.4) is 0 Å². The van der Waals surface area contributed by atoms with Gasteiger partial charge < -0.3 is 16.2 Å². The fourth-order valence-electron chi connectivity index (χ4n) is 1.41. The molecule has 0 aliphatic heterocycles. The van der Waals surface area contributed by atoms with Crippen LogP contribution in [0.1, 0.15) is 37.6 Å². The lowest BCUT2D eigenvalue weighted by Gasteiger charge is -2.19. The molecule has 0 unspecified atom stereocenters. The summed E-state index contributed by atoms with van der Waals surface area (Å²) in [4.78, 5) is 10.8. The Hall–Kier alpha value is -1.71. The number of hydrogen-bond acceptors (Lipinski definition) is 3. The Morgan fingerprint density at radius 3 is 2.59 bits per heavy atom. The average molecular weight is 236 g/mol. The van der Waals surface area contributed by atoms with Gasteiger partial charge in [0.2, 0.25) is 0 Å². The molecule has 4 N–H and O–H groups in total. The van der Waals surface area contributed by atoms with Gasteiger partial charge in [0.1, 0.15) is 0 Å². The maximum absolute atomic E-state index is 10.8. The van der Waals surface area contributed by atoms with Crippen LogP contribution in [0.5, 0.6) is 0 Å². The van der Waals surface area contributed by atoms with Gasteiger partial charge in [0.15, 0.2) is 0 Å². The Bertz CT molecular complexity index is 408. The van der Waals surface area contributed by atoms with E-state index in [9.17, 15) is 4.79 Å². The average Bonchev–Trinajstić information content (AvgIpc) is 2.18. The summed E-state index contributed by atoms with van der Waals surface area (Å²) in [5, 5.41) is 12.1. The van der Waals surface area contributed by atoms with E-state index in [2.05, 4.69) is 26.1 Å². The highest BCUT2D eigenvalue weighted by Gasteiger charge is 2.10. The monoisotopic (exact) mass is 236 g/mol. The van der Waals surface area contributed by atoms with Crippen LogP contribution in [0, 0.1) is 5.41 Å². The van der Waals surface area contributed by atoms with Gasteiger partial charge in [0, 0.05) is 6.54 Å². The maximum Gasteiger partial charge on any atom is 0.335 e. The van der Waals surface area contributed by atoms with E-state index in [4.69, 9.17) is 10.8 Å². The number of nitrogens with two attached hydrogens (primary N) is 1. The molecule has 0 aliphatic carbocycles. The third-order valence-corrected chi connectivity index (χ3v) is 2.49. The molecule has 0 atom stereocenters. The molecule has 1 aromatic rings. The zero-order valence-electron chi connectivity index (χ0n) is 10.6. The molecular formula is C13H20N2O2. The van der Waals surface area contributed by atoms with Crippen molar-refractivity contribution in [3.63, 3.8) is 0 Å². The zero-order chi connectivity index (χ0) is 13.1. The summed E-state index contributed by atoms with van der Waals surface area (Å²) in [7, 11) is 0. The van der Waals surface area contributed by atoms with Crippen LogP contribution < -0.4 is 11.1 Å². The summed E-state index contributed by atoms with van der Waals surface area (Å²) in [6.07, 6.45) is 0.990. The second-order valence-electron chi connectivity index (χ2n) is 5.34. The first-order valence-corrected chi connectivity index (χ1v) is 5.66. The Morgan fingerprint density at radius 1 is 1.41 bits per heavy atom. The molecule has 4 nitrogen and oxygen atoms in total. The molecule has 0 aliphatic rings. The van der Waals surface area contributed by atoms with Crippen molar-refractivity contribution in [3.05, 3.63) is 23.8 Å². The van der Waals surface area contributed by atoms with Crippen LogP contribution in [-0.4, -0.2) is 17.6 Å². The van der Waals surface area contributed by atoms with Gasteiger partial charge in [-0.2, -0.15) is 0 Å². The molecule has 94 valence electrons. The summed E-state index contributed by atoms with van der Waals surface area (Å²) in [5.74, 6) is -0.941.